The molecular weight excluding hydrogens is 259 g/mol. The summed E-state index contributed by atoms with van der Waals surface area (Å²) in [5.41, 5.74) is 1.04. The highest BCUT2D eigenvalue weighted by atomic mass is 35.5. The van der Waals surface area contributed by atoms with E-state index < -0.39 is 5.97 Å². The van der Waals surface area contributed by atoms with Crippen LogP contribution in [0.5, 0.6) is 0 Å². The molecule has 0 bridgehead atoms. The van der Waals surface area contributed by atoms with E-state index in [9.17, 15) is 4.79 Å². The van der Waals surface area contributed by atoms with Gasteiger partial charge in [0, 0.05) is 10.0 Å². The normalized spacial score (nSPS) is 24.4. The van der Waals surface area contributed by atoms with Crippen LogP contribution >= 0.6 is 23.2 Å². The highest BCUT2D eigenvalue weighted by Crippen LogP contribution is 2.45. The monoisotopic (exact) mass is 272 g/mol. The Balaban J connectivity index is 1.99. The van der Waals surface area contributed by atoms with E-state index in [2.05, 4.69) is 6.92 Å². The van der Waals surface area contributed by atoms with E-state index in [4.69, 9.17) is 28.3 Å². The average molecular weight is 273 g/mol. The Morgan fingerprint density at radius 3 is 2.76 bits per heavy atom. The number of carboxylic acids is 1. The smallest absolute Gasteiger partial charge is 0.306 e. The van der Waals surface area contributed by atoms with Crippen LogP contribution in [-0.2, 0) is 11.2 Å². The minimum Gasteiger partial charge on any atom is -0.481 e. The molecule has 0 spiro atoms. The summed E-state index contributed by atoms with van der Waals surface area (Å²) in [5.74, 6) is -0.200. The Morgan fingerprint density at radius 1 is 1.53 bits per heavy atom. The topological polar surface area (TPSA) is 37.3 Å². The zero-order valence-electron chi connectivity index (χ0n) is 9.49. The first kappa shape index (κ1) is 12.7. The first-order valence-electron chi connectivity index (χ1n) is 5.65. The van der Waals surface area contributed by atoms with Gasteiger partial charge in [0.15, 0.2) is 0 Å². The summed E-state index contributed by atoms with van der Waals surface area (Å²) in [7, 11) is 0. The maximum atomic E-state index is 10.8. The molecule has 1 aliphatic carbocycles. The van der Waals surface area contributed by atoms with Crippen LogP contribution in [0.25, 0.3) is 0 Å². The third-order valence-electron chi connectivity index (χ3n) is 3.44. The summed E-state index contributed by atoms with van der Waals surface area (Å²) in [5, 5.41) is 10.2. The predicted octanol–water partition coefficient (Wildman–Crippen LogP) is 3.89. The summed E-state index contributed by atoms with van der Waals surface area (Å²) < 4.78 is 0. The van der Waals surface area contributed by atoms with Gasteiger partial charge in [0.2, 0.25) is 0 Å². The number of benzene rings is 1. The van der Waals surface area contributed by atoms with Crippen molar-refractivity contribution in [3.8, 4) is 0 Å². The number of rotatable bonds is 4. The zero-order valence-corrected chi connectivity index (χ0v) is 11.0. The second kappa shape index (κ2) is 4.87. The van der Waals surface area contributed by atoms with Gasteiger partial charge in [0.05, 0.1) is 5.92 Å². The Morgan fingerprint density at radius 2 is 2.24 bits per heavy atom. The predicted molar refractivity (Wildman–Crippen MR) is 68.6 cm³/mol. The average Bonchev–Trinajstić information content (AvgIpc) is 3.01. The van der Waals surface area contributed by atoms with E-state index in [1.807, 2.05) is 12.1 Å². The largest absolute Gasteiger partial charge is 0.481 e. The SMILES string of the molecule is CC(Cc1ccc(Cl)cc1Cl)C1CC1C(=O)O. The van der Waals surface area contributed by atoms with E-state index in [0.717, 1.165) is 18.4 Å². The fraction of sp³-hybridized carbons (Fsp3) is 0.462. The first-order chi connectivity index (χ1) is 7.99. The van der Waals surface area contributed by atoms with Gasteiger partial charge in [-0.25, -0.2) is 0 Å². The molecule has 0 amide bonds. The van der Waals surface area contributed by atoms with Gasteiger partial charge >= 0.3 is 5.97 Å². The molecule has 0 radical (unpaired) electrons. The summed E-state index contributed by atoms with van der Waals surface area (Å²) in [4.78, 5) is 10.8. The lowest BCUT2D eigenvalue weighted by molar-refractivity contribution is -0.139. The number of carbonyl (C=O) groups is 1. The maximum absolute atomic E-state index is 10.8. The molecule has 2 nitrogen and oxygen atoms in total. The van der Waals surface area contributed by atoms with E-state index in [0.29, 0.717) is 21.9 Å². The van der Waals surface area contributed by atoms with Crippen LogP contribution in [-0.4, -0.2) is 11.1 Å². The van der Waals surface area contributed by atoms with Crippen molar-refractivity contribution in [3.63, 3.8) is 0 Å². The lowest BCUT2D eigenvalue weighted by Gasteiger charge is -2.12. The number of hydrogen-bond acceptors (Lipinski definition) is 1. The van der Waals surface area contributed by atoms with Gasteiger partial charge in [0.1, 0.15) is 0 Å². The van der Waals surface area contributed by atoms with Crippen LogP contribution in [0, 0.1) is 17.8 Å². The van der Waals surface area contributed by atoms with Gasteiger partial charge in [-0.1, -0.05) is 36.2 Å². The fourth-order valence-corrected chi connectivity index (χ4v) is 2.80. The third kappa shape index (κ3) is 2.93. The van der Waals surface area contributed by atoms with Crippen LogP contribution in [0.3, 0.4) is 0 Å². The molecule has 3 unspecified atom stereocenters. The molecule has 0 aliphatic heterocycles. The number of hydrogen-bond donors (Lipinski definition) is 1. The molecule has 1 saturated carbocycles. The van der Waals surface area contributed by atoms with Crippen molar-refractivity contribution in [1.82, 2.24) is 0 Å². The molecule has 0 aromatic heterocycles. The Hall–Kier alpha value is -0.730. The summed E-state index contributed by atoms with van der Waals surface area (Å²) >= 11 is 11.9. The Bertz CT molecular complexity index is 445. The molecule has 3 atom stereocenters. The van der Waals surface area contributed by atoms with Gasteiger partial charge in [0.25, 0.3) is 0 Å². The molecule has 2 rings (SSSR count). The van der Waals surface area contributed by atoms with Crippen molar-refractivity contribution in [2.75, 3.05) is 0 Å². The summed E-state index contributed by atoms with van der Waals surface area (Å²) in [6.45, 7) is 2.08. The quantitative estimate of drug-likeness (QED) is 0.903. The van der Waals surface area contributed by atoms with Crippen molar-refractivity contribution in [2.24, 2.45) is 17.8 Å². The molecule has 1 aliphatic rings. The Labute approximate surface area is 111 Å². The van der Waals surface area contributed by atoms with E-state index >= 15 is 0 Å². The fourth-order valence-electron chi connectivity index (χ4n) is 2.31. The van der Waals surface area contributed by atoms with Gasteiger partial charge in [-0.15, -0.1) is 0 Å². The molecule has 1 aromatic carbocycles. The molecule has 0 saturated heterocycles. The van der Waals surface area contributed by atoms with E-state index in [-0.39, 0.29) is 5.92 Å². The number of aliphatic carboxylic acids is 1. The molecule has 92 valence electrons. The zero-order chi connectivity index (χ0) is 12.6. The van der Waals surface area contributed by atoms with Gasteiger partial charge in [-0.2, -0.15) is 0 Å². The minimum absolute atomic E-state index is 0.156. The minimum atomic E-state index is -0.677. The van der Waals surface area contributed by atoms with E-state index in [1.165, 1.54) is 0 Å². The van der Waals surface area contributed by atoms with Crippen LogP contribution in [0.4, 0.5) is 0 Å². The lowest BCUT2D eigenvalue weighted by atomic mass is 9.95. The van der Waals surface area contributed by atoms with Gasteiger partial charge in [-0.05, 0) is 42.4 Å². The summed E-state index contributed by atoms with van der Waals surface area (Å²) in [6.07, 6.45) is 1.60. The van der Waals surface area contributed by atoms with Crippen LogP contribution in [0.15, 0.2) is 18.2 Å². The summed E-state index contributed by atoms with van der Waals surface area (Å²) in [6, 6.07) is 5.46. The van der Waals surface area contributed by atoms with Crippen LogP contribution in [0.1, 0.15) is 18.9 Å². The second-order valence-electron chi connectivity index (χ2n) is 4.76. The maximum Gasteiger partial charge on any atom is 0.306 e. The number of carboxylic acid groups (broad SMARTS) is 1. The standard InChI is InChI=1S/C13H14Cl2O2/c1-7(10-6-11(10)13(16)17)4-8-2-3-9(14)5-12(8)15/h2-3,5,7,10-11H,4,6H2,1H3,(H,16,17). The first-order valence-corrected chi connectivity index (χ1v) is 6.41. The van der Waals surface area contributed by atoms with Crippen LogP contribution < -0.4 is 0 Å². The molecule has 1 fully saturated rings. The molecule has 1 N–H and O–H groups in total. The van der Waals surface area contributed by atoms with Crippen LogP contribution in [0.2, 0.25) is 10.0 Å². The van der Waals surface area contributed by atoms with Crippen molar-refractivity contribution in [3.05, 3.63) is 33.8 Å². The molecule has 17 heavy (non-hydrogen) atoms. The Kier molecular flexibility index (Phi) is 3.64. The second-order valence-corrected chi connectivity index (χ2v) is 5.61. The number of halogens is 2. The van der Waals surface area contributed by atoms with Gasteiger partial charge < -0.3 is 5.11 Å². The molecule has 0 heterocycles. The highest BCUT2D eigenvalue weighted by Gasteiger charge is 2.46. The molecule has 1 aromatic rings. The highest BCUT2D eigenvalue weighted by molar-refractivity contribution is 6.35. The molecule has 4 heteroatoms. The van der Waals surface area contributed by atoms with Gasteiger partial charge in [-0.3, -0.25) is 4.79 Å². The lowest BCUT2D eigenvalue weighted by Crippen LogP contribution is -2.08. The van der Waals surface area contributed by atoms with Crippen molar-refractivity contribution >= 4 is 29.2 Å². The molecular formula is C13H14Cl2O2. The third-order valence-corrected chi connectivity index (χ3v) is 4.03. The van der Waals surface area contributed by atoms with Crippen molar-refractivity contribution < 1.29 is 9.90 Å². The van der Waals surface area contributed by atoms with Crippen molar-refractivity contribution in [2.45, 2.75) is 19.8 Å². The van der Waals surface area contributed by atoms with E-state index in [1.54, 1.807) is 6.07 Å². The van der Waals surface area contributed by atoms with Crippen molar-refractivity contribution in [1.29, 1.82) is 0 Å².